The molecule has 11 aromatic rings. The van der Waals surface area contributed by atoms with Gasteiger partial charge in [-0.15, -0.1) is 0 Å². The highest BCUT2D eigenvalue weighted by Crippen LogP contribution is 2.42. The zero-order chi connectivity index (χ0) is 37.7. The molecule has 0 saturated carbocycles. The summed E-state index contributed by atoms with van der Waals surface area (Å²) >= 11 is 0. The standard InChI is InChI=1S/C56H36O/c1-3-11-37(12-4-1)39-19-23-41(24-20-39)45-31-32-55-53(33-45)54-36-47(42-25-21-40(22-26-42)38-13-5-2-6-14-38)35-52(56(54)57-55)44-29-27-43(28-30-44)51-34-46-15-7-8-16-48(46)49-17-9-10-18-50(49)51/h1-36H. The van der Waals surface area contributed by atoms with Crippen molar-refractivity contribution in [2.75, 3.05) is 0 Å². The zero-order valence-corrected chi connectivity index (χ0v) is 31.2. The second kappa shape index (κ2) is 13.7. The van der Waals surface area contributed by atoms with E-state index < -0.39 is 0 Å². The Hall–Kier alpha value is -7.48. The van der Waals surface area contributed by atoms with Crippen molar-refractivity contribution >= 4 is 43.5 Å². The van der Waals surface area contributed by atoms with Crippen LogP contribution in [-0.4, -0.2) is 0 Å². The highest BCUT2D eigenvalue weighted by atomic mass is 16.3. The molecule has 0 fully saturated rings. The second-order valence-corrected chi connectivity index (χ2v) is 14.9. The van der Waals surface area contributed by atoms with E-state index in [1.165, 1.54) is 66.1 Å². The quantitative estimate of drug-likeness (QED) is 0.156. The predicted molar refractivity (Wildman–Crippen MR) is 241 cm³/mol. The molecule has 11 rings (SSSR count). The third kappa shape index (κ3) is 5.89. The van der Waals surface area contributed by atoms with Gasteiger partial charge in [-0.2, -0.15) is 0 Å². The Balaban J connectivity index is 1.05. The first-order valence-corrected chi connectivity index (χ1v) is 19.6. The lowest BCUT2D eigenvalue weighted by Gasteiger charge is -2.12. The van der Waals surface area contributed by atoms with Crippen molar-refractivity contribution in [1.82, 2.24) is 0 Å². The first-order chi connectivity index (χ1) is 28.2. The lowest BCUT2D eigenvalue weighted by Crippen LogP contribution is -1.87. The van der Waals surface area contributed by atoms with Gasteiger partial charge in [0.05, 0.1) is 0 Å². The molecule has 0 bridgehead atoms. The van der Waals surface area contributed by atoms with Crippen LogP contribution in [0.15, 0.2) is 223 Å². The highest BCUT2D eigenvalue weighted by Gasteiger charge is 2.17. The van der Waals surface area contributed by atoms with Crippen molar-refractivity contribution in [3.63, 3.8) is 0 Å². The summed E-state index contributed by atoms with van der Waals surface area (Å²) in [4.78, 5) is 0. The van der Waals surface area contributed by atoms with Crippen molar-refractivity contribution in [1.29, 1.82) is 0 Å². The average Bonchev–Trinajstić information content (AvgIpc) is 3.67. The monoisotopic (exact) mass is 724 g/mol. The Morgan fingerprint density at radius 1 is 0.228 bits per heavy atom. The molecule has 10 aromatic carbocycles. The van der Waals surface area contributed by atoms with Gasteiger partial charge in [-0.05, 0) is 113 Å². The molecule has 1 nitrogen and oxygen atoms in total. The summed E-state index contributed by atoms with van der Waals surface area (Å²) in [5.41, 5.74) is 15.9. The predicted octanol–water partition coefficient (Wildman–Crippen LogP) is 15.9. The van der Waals surface area contributed by atoms with Crippen LogP contribution in [0, 0.1) is 0 Å². The third-order valence-corrected chi connectivity index (χ3v) is 11.5. The van der Waals surface area contributed by atoms with Gasteiger partial charge in [0.2, 0.25) is 0 Å². The first kappa shape index (κ1) is 32.9. The molecule has 0 spiro atoms. The van der Waals surface area contributed by atoms with Crippen LogP contribution in [0.25, 0.3) is 110 Å². The van der Waals surface area contributed by atoms with E-state index in [-0.39, 0.29) is 0 Å². The average molecular weight is 725 g/mol. The Bertz CT molecular complexity index is 3230. The van der Waals surface area contributed by atoms with E-state index in [1.807, 2.05) is 0 Å². The third-order valence-electron chi connectivity index (χ3n) is 11.5. The molecule has 0 atom stereocenters. The van der Waals surface area contributed by atoms with Crippen LogP contribution in [-0.2, 0) is 0 Å². The molecule has 57 heavy (non-hydrogen) atoms. The number of furan rings is 1. The maximum absolute atomic E-state index is 6.79. The molecule has 1 heterocycles. The minimum atomic E-state index is 0.881. The fourth-order valence-corrected chi connectivity index (χ4v) is 8.53. The van der Waals surface area contributed by atoms with Gasteiger partial charge >= 0.3 is 0 Å². The molecular weight excluding hydrogens is 689 g/mol. The van der Waals surface area contributed by atoms with Crippen molar-refractivity contribution in [3.05, 3.63) is 218 Å². The van der Waals surface area contributed by atoms with Gasteiger partial charge in [-0.25, -0.2) is 0 Å². The van der Waals surface area contributed by atoms with Crippen LogP contribution in [0.3, 0.4) is 0 Å². The second-order valence-electron chi connectivity index (χ2n) is 14.9. The minimum Gasteiger partial charge on any atom is -0.455 e. The molecule has 0 N–H and O–H groups in total. The molecule has 0 aliphatic carbocycles. The number of fused-ring (bicyclic) bond motifs is 6. The van der Waals surface area contributed by atoms with E-state index in [2.05, 4.69) is 218 Å². The molecule has 1 aromatic heterocycles. The van der Waals surface area contributed by atoms with E-state index in [0.717, 1.165) is 44.2 Å². The number of hydrogen-bond donors (Lipinski definition) is 0. The summed E-state index contributed by atoms with van der Waals surface area (Å²) in [6.07, 6.45) is 0. The van der Waals surface area contributed by atoms with Crippen LogP contribution in [0.1, 0.15) is 0 Å². The van der Waals surface area contributed by atoms with E-state index in [0.29, 0.717) is 0 Å². The molecule has 0 amide bonds. The van der Waals surface area contributed by atoms with Gasteiger partial charge < -0.3 is 4.42 Å². The van der Waals surface area contributed by atoms with Gasteiger partial charge in [0.25, 0.3) is 0 Å². The summed E-state index contributed by atoms with van der Waals surface area (Å²) in [6, 6.07) is 78.9. The minimum absolute atomic E-state index is 0.881. The van der Waals surface area contributed by atoms with Gasteiger partial charge in [0.15, 0.2) is 0 Å². The van der Waals surface area contributed by atoms with Crippen LogP contribution in [0.4, 0.5) is 0 Å². The molecule has 0 saturated heterocycles. The van der Waals surface area contributed by atoms with E-state index >= 15 is 0 Å². The van der Waals surface area contributed by atoms with Crippen LogP contribution >= 0.6 is 0 Å². The van der Waals surface area contributed by atoms with Crippen LogP contribution < -0.4 is 0 Å². The van der Waals surface area contributed by atoms with E-state index in [9.17, 15) is 0 Å². The Kier molecular flexibility index (Phi) is 7.89. The molecule has 266 valence electrons. The number of rotatable bonds is 6. The number of benzene rings is 10. The van der Waals surface area contributed by atoms with E-state index in [1.54, 1.807) is 0 Å². The lowest BCUT2D eigenvalue weighted by molar-refractivity contribution is 0.670. The van der Waals surface area contributed by atoms with E-state index in [4.69, 9.17) is 4.42 Å². The molecule has 0 aliphatic rings. The van der Waals surface area contributed by atoms with Gasteiger partial charge in [0, 0.05) is 16.3 Å². The van der Waals surface area contributed by atoms with Crippen molar-refractivity contribution < 1.29 is 4.42 Å². The largest absolute Gasteiger partial charge is 0.455 e. The van der Waals surface area contributed by atoms with Crippen LogP contribution in [0.2, 0.25) is 0 Å². The van der Waals surface area contributed by atoms with Crippen molar-refractivity contribution in [3.8, 4) is 66.8 Å². The maximum atomic E-state index is 6.79. The molecule has 0 radical (unpaired) electrons. The smallest absolute Gasteiger partial charge is 0.143 e. The van der Waals surface area contributed by atoms with Crippen molar-refractivity contribution in [2.24, 2.45) is 0 Å². The summed E-state index contributed by atoms with van der Waals surface area (Å²) in [7, 11) is 0. The molecular formula is C56H36O. The molecule has 0 unspecified atom stereocenters. The fourth-order valence-electron chi connectivity index (χ4n) is 8.53. The Labute approximate surface area is 331 Å². The summed E-state index contributed by atoms with van der Waals surface area (Å²) < 4.78 is 6.79. The summed E-state index contributed by atoms with van der Waals surface area (Å²) in [5.74, 6) is 0. The van der Waals surface area contributed by atoms with Crippen molar-refractivity contribution in [2.45, 2.75) is 0 Å². The molecule has 1 heteroatoms. The van der Waals surface area contributed by atoms with Crippen LogP contribution in [0.5, 0.6) is 0 Å². The SMILES string of the molecule is c1ccc(-c2ccc(-c3ccc4oc5c(-c6ccc(-c7cc8ccccc8c8ccccc78)cc6)cc(-c6ccc(-c7ccccc7)cc6)cc5c4c3)cc2)cc1. The summed E-state index contributed by atoms with van der Waals surface area (Å²) in [5, 5.41) is 7.28. The molecule has 0 aliphatic heterocycles. The van der Waals surface area contributed by atoms with Gasteiger partial charge in [-0.1, -0.05) is 188 Å². The maximum Gasteiger partial charge on any atom is 0.143 e. The van der Waals surface area contributed by atoms with Gasteiger partial charge in [0.1, 0.15) is 11.2 Å². The fraction of sp³-hybridized carbons (Fsp3) is 0. The summed E-state index contributed by atoms with van der Waals surface area (Å²) in [6.45, 7) is 0. The topological polar surface area (TPSA) is 13.1 Å². The Morgan fingerprint density at radius 3 is 1.30 bits per heavy atom. The van der Waals surface area contributed by atoms with Gasteiger partial charge in [-0.3, -0.25) is 0 Å². The highest BCUT2D eigenvalue weighted by molar-refractivity contribution is 6.14. The first-order valence-electron chi connectivity index (χ1n) is 19.6. The number of hydrogen-bond acceptors (Lipinski definition) is 1. The zero-order valence-electron chi connectivity index (χ0n) is 31.2. The lowest BCUT2D eigenvalue weighted by atomic mass is 9.91. The normalized spacial score (nSPS) is 11.5. The Morgan fingerprint density at radius 2 is 0.667 bits per heavy atom.